The van der Waals surface area contributed by atoms with Crippen molar-refractivity contribution >= 4 is 16.0 Å². The lowest BCUT2D eigenvalue weighted by molar-refractivity contribution is 0.178. The van der Waals surface area contributed by atoms with Crippen LogP contribution in [0, 0.1) is 0 Å². The van der Waals surface area contributed by atoms with Crippen LogP contribution in [0.3, 0.4) is 0 Å². The van der Waals surface area contributed by atoms with Gasteiger partial charge in [-0.25, -0.2) is 13.1 Å². The number of sulfonamides is 1. The summed E-state index contributed by atoms with van der Waals surface area (Å²) in [6.07, 6.45) is 0. The zero-order chi connectivity index (χ0) is 22.0. The number of aliphatic imine (C=N–C) groups is 1. The van der Waals surface area contributed by atoms with Crippen LogP contribution in [0.1, 0.15) is 52.7 Å². The van der Waals surface area contributed by atoms with Gasteiger partial charge in [0.05, 0.1) is 5.75 Å². The van der Waals surface area contributed by atoms with Crippen LogP contribution >= 0.6 is 0 Å². The Kier molecular flexibility index (Phi) is 10.6. The zero-order valence-electron chi connectivity index (χ0n) is 19.0. The number of guanidine groups is 1. The van der Waals surface area contributed by atoms with E-state index in [1.807, 2.05) is 38.1 Å². The molecule has 0 bridgehead atoms. The highest BCUT2D eigenvalue weighted by Crippen LogP contribution is 2.12. The summed E-state index contributed by atoms with van der Waals surface area (Å²) in [5.74, 6) is 0.669. The van der Waals surface area contributed by atoms with E-state index in [4.69, 9.17) is 0 Å². The van der Waals surface area contributed by atoms with Gasteiger partial charge in [0.1, 0.15) is 0 Å². The summed E-state index contributed by atoms with van der Waals surface area (Å²) < 4.78 is 27.2. The molecule has 0 unspecified atom stereocenters. The number of hydrogen-bond acceptors (Lipinski definition) is 4. The number of hydrogen-bond donors (Lipinski definition) is 3. The fourth-order valence-corrected chi connectivity index (χ4v) is 4.78. The van der Waals surface area contributed by atoms with E-state index in [1.165, 1.54) is 0 Å². The molecule has 0 aliphatic rings. The van der Waals surface area contributed by atoms with Gasteiger partial charge in [0, 0.05) is 44.8 Å². The molecule has 0 radical (unpaired) electrons. The molecule has 7 nitrogen and oxygen atoms in total. The predicted octanol–water partition coefficient (Wildman–Crippen LogP) is 2.30. The molecule has 0 aliphatic carbocycles. The Balaban J connectivity index is 2.67. The van der Waals surface area contributed by atoms with Crippen LogP contribution in [0.4, 0.5) is 0 Å². The van der Waals surface area contributed by atoms with Crippen molar-refractivity contribution in [2.24, 2.45) is 4.99 Å². The van der Waals surface area contributed by atoms with Gasteiger partial charge in [-0.05, 0) is 52.7 Å². The molecule has 8 heteroatoms. The second-order valence-electron chi connectivity index (χ2n) is 8.08. The van der Waals surface area contributed by atoms with E-state index in [2.05, 4.69) is 52.9 Å². The summed E-state index contributed by atoms with van der Waals surface area (Å²) in [6.45, 7) is 14.7. The molecular weight excluding hydrogens is 386 g/mol. The third-order valence-corrected chi connectivity index (χ3v) is 6.06. The fourth-order valence-electron chi connectivity index (χ4n) is 3.29. The van der Waals surface area contributed by atoms with E-state index in [9.17, 15) is 8.42 Å². The molecule has 1 aromatic rings. The Hall–Kier alpha value is -1.64. The van der Waals surface area contributed by atoms with Crippen molar-refractivity contribution in [1.82, 2.24) is 20.3 Å². The van der Waals surface area contributed by atoms with Crippen molar-refractivity contribution in [3.8, 4) is 0 Å². The quantitative estimate of drug-likeness (QED) is 0.374. The highest BCUT2D eigenvalue weighted by molar-refractivity contribution is 7.88. The highest BCUT2D eigenvalue weighted by Gasteiger charge is 2.16. The molecule has 166 valence electrons. The molecule has 0 spiro atoms. The molecule has 0 aliphatic heterocycles. The minimum atomic E-state index is -3.37. The molecule has 0 amide bonds. The van der Waals surface area contributed by atoms with Crippen LogP contribution < -0.4 is 15.4 Å². The average Bonchev–Trinajstić information content (AvgIpc) is 2.60. The molecular formula is C21H39N5O2S. The Bertz CT molecular complexity index is 737. The van der Waals surface area contributed by atoms with Crippen LogP contribution in [0.25, 0.3) is 0 Å². The number of rotatable bonds is 11. The fraction of sp³-hybridized carbons (Fsp3) is 0.667. The molecule has 0 fully saturated rings. The monoisotopic (exact) mass is 425 g/mol. The summed E-state index contributed by atoms with van der Waals surface area (Å²) in [7, 11) is -1.63. The lowest BCUT2D eigenvalue weighted by Gasteiger charge is -2.30. The van der Waals surface area contributed by atoms with Gasteiger partial charge >= 0.3 is 0 Å². The minimum Gasteiger partial charge on any atom is -0.355 e. The minimum absolute atomic E-state index is 0.0349. The summed E-state index contributed by atoms with van der Waals surface area (Å²) in [5.41, 5.74) is 1.73. The maximum atomic E-state index is 12.3. The summed E-state index contributed by atoms with van der Waals surface area (Å²) in [6, 6.07) is 8.44. The Morgan fingerprint density at radius 2 is 1.59 bits per heavy atom. The van der Waals surface area contributed by atoms with Gasteiger partial charge in [-0.15, -0.1) is 0 Å². The van der Waals surface area contributed by atoms with Crippen LogP contribution in [0.2, 0.25) is 0 Å². The standard InChI is InChI=1S/C21H39N5O2S/c1-16(2)25-29(27,28)15-20-11-9-8-10-19(20)14-24-21(22-7)23-12-13-26(17(3)4)18(5)6/h8-11,16-18,25H,12-15H2,1-7H3,(H2,22,23,24). The molecule has 0 atom stereocenters. The number of nitrogens with one attached hydrogen (secondary N) is 3. The van der Waals surface area contributed by atoms with Crippen LogP contribution in [0.15, 0.2) is 29.3 Å². The second kappa shape index (κ2) is 12.1. The first kappa shape index (κ1) is 25.4. The summed E-state index contributed by atoms with van der Waals surface area (Å²) >= 11 is 0. The van der Waals surface area contributed by atoms with Gasteiger partial charge in [-0.3, -0.25) is 9.89 Å². The van der Waals surface area contributed by atoms with E-state index in [0.29, 0.717) is 24.6 Å². The Labute approximate surface area is 177 Å². The smallest absolute Gasteiger partial charge is 0.216 e. The van der Waals surface area contributed by atoms with Crippen LogP contribution in [0.5, 0.6) is 0 Å². The van der Waals surface area contributed by atoms with E-state index < -0.39 is 10.0 Å². The summed E-state index contributed by atoms with van der Waals surface area (Å²) in [5, 5.41) is 6.63. The summed E-state index contributed by atoms with van der Waals surface area (Å²) in [4.78, 5) is 6.70. The van der Waals surface area contributed by atoms with Gasteiger partial charge in [-0.1, -0.05) is 24.3 Å². The van der Waals surface area contributed by atoms with Crippen LogP contribution in [-0.2, 0) is 22.3 Å². The van der Waals surface area contributed by atoms with Crippen molar-refractivity contribution in [3.05, 3.63) is 35.4 Å². The van der Waals surface area contributed by atoms with Crippen LogP contribution in [-0.4, -0.2) is 57.5 Å². The van der Waals surface area contributed by atoms with E-state index in [1.54, 1.807) is 7.05 Å². The number of nitrogens with zero attached hydrogens (tertiary/aromatic N) is 2. The normalized spacial score (nSPS) is 13.0. The molecule has 29 heavy (non-hydrogen) atoms. The van der Waals surface area contributed by atoms with Gasteiger partial charge in [-0.2, -0.15) is 0 Å². The molecule has 0 heterocycles. The maximum Gasteiger partial charge on any atom is 0.216 e. The lowest BCUT2D eigenvalue weighted by atomic mass is 10.1. The Morgan fingerprint density at radius 1 is 1.00 bits per heavy atom. The van der Waals surface area contributed by atoms with E-state index in [0.717, 1.165) is 24.2 Å². The molecule has 1 rings (SSSR count). The molecule has 0 saturated heterocycles. The third-order valence-electron chi connectivity index (χ3n) is 4.54. The first-order valence-electron chi connectivity index (χ1n) is 10.3. The van der Waals surface area contributed by atoms with Gasteiger partial charge < -0.3 is 10.6 Å². The van der Waals surface area contributed by atoms with Gasteiger partial charge in [0.25, 0.3) is 0 Å². The maximum absolute atomic E-state index is 12.3. The molecule has 0 saturated carbocycles. The molecule has 3 N–H and O–H groups in total. The molecule has 1 aromatic carbocycles. The van der Waals surface area contributed by atoms with Crippen molar-refractivity contribution in [1.29, 1.82) is 0 Å². The third kappa shape index (κ3) is 9.60. The van der Waals surface area contributed by atoms with E-state index in [-0.39, 0.29) is 11.8 Å². The average molecular weight is 426 g/mol. The van der Waals surface area contributed by atoms with E-state index >= 15 is 0 Å². The first-order valence-corrected chi connectivity index (χ1v) is 12.0. The second-order valence-corrected chi connectivity index (χ2v) is 9.83. The largest absolute Gasteiger partial charge is 0.355 e. The van der Waals surface area contributed by atoms with Crippen molar-refractivity contribution in [2.45, 2.75) is 72.0 Å². The SMILES string of the molecule is CN=C(NCCN(C(C)C)C(C)C)NCc1ccccc1CS(=O)(=O)NC(C)C. The first-order chi connectivity index (χ1) is 13.6. The van der Waals surface area contributed by atoms with Crippen molar-refractivity contribution < 1.29 is 8.42 Å². The van der Waals surface area contributed by atoms with Crippen molar-refractivity contribution in [3.63, 3.8) is 0 Å². The topological polar surface area (TPSA) is 85.8 Å². The predicted molar refractivity (Wildman–Crippen MR) is 123 cm³/mol. The molecule has 0 aromatic heterocycles. The zero-order valence-corrected chi connectivity index (χ0v) is 19.8. The Morgan fingerprint density at radius 3 is 2.10 bits per heavy atom. The lowest BCUT2D eigenvalue weighted by Crippen LogP contribution is -2.45. The number of benzene rings is 1. The van der Waals surface area contributed by atoms with Crippen molar-refractivity contribution in [2.75, 3.05) is 20.1 Å². The highest BCUT2D eigenvalue weighted by atomic mass is 32.2. The van der Waals surface area contributed by atoms with Gasteiger partial charge in [0.15, 0.2) is 5.96 Å². The van der Waals surface area contributed by atoms with Gasteiger partial charge in [0.2, 0.25) is 10.0 Å².